The zero-order chi connectivity index (χ0) is 14.0. The fourth-order valence-electron chi connectivity index (χ4n) is 1.87. The van der Waals surface area contributed by atoms with Gasteiger partial charge in [-0.1, -0.05) is 11.6 Å². The predicted octanol–water partition coefficient (Wildman–Crippen LogP) is 0.351. The number of hydrogen-bond acceptors (Lipinski definition) is 4. The Morgan fingerprint density at radius 2 is 2.11 bits per heavy atom. The lowest BCUT2D eigenvalue weighted by atomic mass is 10.0. The zero-order valence-electron chi connectivity index (χ0n) is 10.1. The van der Waals surface area contributed by atoms with Gasteiger partial charge in [0.05, 0.1) is 29.7 Å². The van der Waals surface area contributed by atoms with Gasteiger partial charge in [-0.25, -0.2) is 0 Å². The molecule has 0 bridgehead atoms. The van der Waals surface area contributed by atoms with Gasteiger partial charge in [0.2, 0.25) is 11.8 Å². The van der Waals surface area contributed by atoms with Crippen LogP contribution in [0.1, 0.15) is 10.4 Å². The van der Waals surface area contributed by atoms with Crippen LogP contribution in [0.5, 0.6) is 0 Å². The van der Waals surface area contributed by atoms with E-state index in [0.717, 1.165) is 0 Å². The molecule has 1 saturated heterocycles. The number of ether oxygens (including phenoxy) is 1. The summed E-state index contributed by atoms with van der Waals surface area (Å²) in [7, 11) is 0. The number of carbonyl (C=O) groups excluding carboxylic acids is 2. The van der Waals surface area contributed by atoms with Crippen molar-refractivity contribution in [2.24, 2.45) is 17.4 Å². The smallest absolute Gasteiger partial charge is 0.250 e. The highest BCUT2D eigenvalue weighted by Gasteiger charge is 2.31. The summed E-state index contributed by atoms with van der Waals surface area (Å²) in [5.41, 5.74) is 11.6. The lowest BCUT2D eigenvalue weighted by Crippen LogP contribution is -2.37. The van der Waals surface area contributed by atoms with Gasteiger partial charge in [-0.15, -0.1) is 0 Å². The SMILES string of the molecule is NC(=O)c1ccc(NC(=O)C2COCC2N)cc1Cl. The molecule has 2 rings (SSSR count). The molecule has 0 radical (unpaired) electrons. The number of hydrogen-bond donors (Lipinski definition) is 3. The van der Waals surface area contributed by atoms with Crippen LogP contribution in [-0.4, -0.2) is 31.1 Å². The van der Waals surface area contributed by atoms with Crippen molar-refractivity contribution in [3.05, 3.63) is 28.8 Å². The monoisotopic (exact) mass is 283 g/mol. The molecule has 2 unspecified atom stereocenters. The van der Waals surface area contributed by atoms with E-state index in [1.807, 2.05) is 0 Å². The maximum Gasteiger partial charge on any atom is 0.250 e. The first-order valence-electron chi connectivity index (χ1n) is 5.72. The third-order valence-corrected chi connectivity index (χ3v) is 3.28. The van der Waals surface area contributed by atoms with Gasteiger partial charge in [0.1, 0.15) is 0 Å². The molecule has 0 aliphatic carbocycles. The Bertz CT molecular complexity index is 521. The van der Waals surface area contributed by atoms with Crippen molar-refractivity contribution in [2.75, 3.05) is 18.5 Å². The van der Waals surface area contributed by atoms with E-state index in [1.54, 1.807) is 6.07 Å². The summed E-state index contributed by atoms with van der Waals surface area (Å²) in [6.07, 6.45) is 0. The Morgan fingerprint density at radius 3 is 2.63 bits per heavy atom. The Kier molecular flexibility index (Phi) is 4.04. The maximum absolute atomic E-state index is 11.9. The summed E-state index contributed by atoms with van der Waals surface area (Å²) >= 11 is 5.89. The van der Waals surface area contributed by atoms with Crippen LogP contribution < -0.4 is 16.8 Å². The quantitative estimate of drug-likeness (QED) is 0.744. The van der Waals surface area contributed by atoms with Crippen molar-refractivity contribution in [2.45, 2.75) is 6.04 Å². The van der Waals surface area contributed by atoms with E-state index in [0.29, 0.717) is 18.9 Å². The van der Waals surface area contributed by atoms with Crippen LogP contribution in [0, 0.1) is 5.92 Å². The highest BCUT2D eigenvalue weighted by molar-refractivity contribution is 6.34. The molecule has 1 aromatic carbocycles. The first-order chi connectivity index (χ1) is 8.99. The fraction of sp³-hybridized carbons (Fsp3) is 0.333. The van der Waals surface area contributed by atoms with Crippen LogP contribution in [0.3, 0.4) is 0 Å². The minimum atomic E-state index is -0.617. The van der Waals surface area contributed by atoms with Crippen LogP contribution in [0.4, 0.5) is 5.69 Å². The number of nitrogens with one attached hydrogen (secondary N) is 1. The number of carbonyl (C=O) groups is 2. The van der Waals surface area contributed by atoms with E-state index < -0.39 is 5.91 Å². The normalized spacial score (nSPS) is 22.2. The second-order valence-corrected chi connectivity index (χ2v) is 4.76. The fourth-order valence-corrected chi connectivity index (χ4v) is 2.14. The number of primary amides is 1. The summed E-state index contributed by atoms with van der Waals surface area (Å²) in [5.74, 6) is -1.23. The van der Waals surface area contributed by atoms with Gasteiger partial charge in [0.25, 0.3) is 0 Å². The van der Waals surface area contributed by atoms with Crippen molar-refractivity contribution in [1.29, 1.82) is 0 Å². The third kappa shape index (κ3) is 3.04. The maximum atomic E-state index is 11.9. The molecular formula is C12H14ClN3O3. The van der Waals surface area contributed by atoms with Crippen LogP contribution in [0.25, 0.3) is 0 Å². The number of nitrogens with two attached hydrogens (primary N) is 2. The van der Waals surface area contributed by atoms with Gasteiger partial charge in [0.15, 0.2) is 0 Å². The standard InChI is InChI=1S/C12H14ClN3O3/c13-9-3-6(1-2-7(9)11(15)17)16-12(18)8-4-19-5-10(8)14/h1-3,8,10H,4-5,14H2,(H2,15,17)(H,16,18). The van der Waals surface area contributed by atoms with Crippen LogP contribution in [-0.2, 0) is 9.53 Å². The van der Waals surface area contributed by atoms with Crippen LogP contribution in [0.2, 0.25) is 5.02 Å². The molecule has 0 saturated carbocycles. The molecule has 7 heteroatoms. The van der Waals surface area contributed by atoms with Gasteiger partial charge in [-0.05, 0) is 18.2 Å². The van der Waals surface area contributed by atoms with Crippen molar-refractivity contribution in [3.63, 3.8) is 0 Å². The number of halogens is 1. The minimum Gasteiger partial charge on any atom is -0.379 e. The van der Waals surface area contributed by atoms with Gasteiger partial charge < -0.3 is 21.5 Å². The zero-order valence-corrected chi connectivity index (χ0v) is 10.8. The largest absolute Gasteiger partial charge is 0.379 e. The van der Waals surface area contributed by atoms with E-state index in [2.05, 4.69) is 5.32 Å². The molecule has 1 aliphatic heterocycles. The number of anilines is 1. The highest BCUT2D eigenvalue weighted by atomic mass is 35.5. The number of benzene rings is 1. The van der Waals surface area contributed by atoms with Gasteiger partial charge in [-0.3, -0.25) is 9.59 Å². The molecule has 2 atom stereocenters. The molecule has 5 N–H and O–H groups in total. The Morgan fingerprint density at radius 1 is 1.37 bits per heavy atom. The van der Waals surface area contributed by atoms with E-state index >= 15 is 0 Å². The first kappa shape index (κ1) is 13.8. The highest BCUT2D eigenvalue weighted by Crippen LogP contribution is 2.22. The summed E-state index contributed by atoms with van der Waals surface area (Å²) in [4.78, 5) is 23.0. The molecule has 6 nitrogen and oxygen atoms in total. The number of amides is 2. The summed E-state index contributed by atoms with van der Waals surface area (Å²) in [5, 5.41) is 2.88. The van der Waals surface area contributed by atoms with Crippen molar-refractivity contribution >= 4 is 29.1 Å². The lowest BCUT2D eigenvalue weighted by Gasteiger charge is -2.13. The van der Waals surface area contributed by atoms with Crippen molar-refractivity contribution in [3.8, 4) is 0 Å². The second-order valence-electron chi connectivity index (χ2n) is 4.36. The summed E-state index contributed by atoms with van der Waals surface area (Å²) < 4.78 is 5.13. The Balaban J connectivity index is 2.09. The lowest BCUT2D eigenvalue weighted by molar-refractivity contribution is -0.120. The summed E-state index contributed by atoms with van der Waals surface area (Å²) in [6, 6.07) is 4.19. The first-order valence-corrected chi connectivity index (χ1v) is 6.10. The van der Waals surface area contributed by atoms with Crippen LogP contribution >= 0.6 is 11.6 Å². The molecule has 1 fully saturated rings. The second kappa shape index (κ2) is 5.56. The van der Waals surface area contributed by atoms with E-state index in [4.69, 9.17) is 27.8 Å². The molecule has 1 aromatic rings. The third-order valence-electron chi connectivity index (χ3n) is 2.96. The average molecular weight is 284 g/mol. The van der Waals surface area contributed by atoms with E-state index in [-0.39, 0.29) is 28.5 Å². The minimum absolute atomic E-state index is 0.192. The van der Waals surface area contributed by atoms with Crippen molar-refractivity contribution in [1.82, 2.24) is 0 Å². The predicted molar refractivity (Wildman–Crippen MR) is 70.9 cm³/mol. The number of rotatable bonds is 3. The van der Waals surface area contributed by atoms with Crippen molar-refractivity contribution < 1.29 is 14.3 Å². The van der Waals surface area contributed by atoms with E-state index in [1.165, 1.54) is 12.1 Å². The molecule has 2 amide bonds. The van der Waals surface area contributed by atoms with Crippen LogP contribution in [0.15, 0.2) is 18.2 Å². The Hall–Kier alpha value is -1.63. The molecule has 19 heavy (non-hydrogen) atoms. The molecule has 1 aliphatic rings. The van der Waals surface area contributed by atoms with Gasteiger partial charge >= 0.3 is 0 Å². The van der Waals surface area contributed by atoms with Gasteiger partial charge in [-0.2, -0.15) is 0 Å². The molecule has 0 spiro atoms. The Labute approximate surface area is 115 Å². The molecule has 102 valence electrons. The molecule has 0 aromatic heterocycles. The van der Waals surface area contributed by atoms with E-state index in [9.17, 15) is 9.59 Å². The molecular weight excluding hydrogens is 270 g/mol. The molecule has 1 heterocycles. The average Bonchev–Trinajstić information content (AvgIpc) is 2.75. The van der Waals surface area contributed by atoms with Gasteiger partial charge in [0, 0.05) is 11.7 Å². The summed E-state index contributed by atoms with van der Waals surface area (Å²) in [6.45, 7) is 0.680. The topological polar surface area (TPSA) is 107 Å².